The number of nitriles is 1. The van der Waals surface area contributed by atoms with Crippen molar-refractivity contribution >= 4 is 34.8 Å². The summed E-state index contributed by atoms with van der Waals surface area (Å²) in [5, 5.41) is 17.7. The fraction of sp³-hybridized carbons (Fsp3) is 0.238. The number of pyridine rings is 1. The van der Waals surface area contributed by atoms with Crippen molar-refractivity contribution < 1.29 is 4.39 Å². The summed E-state index contributed by atoms with van der Waals surface area (Å²) >= 11 is 6.59. The molecule has 1 fully saturated rings. The normalized spacial score (nSPS) is 14.2. The zero-order valence-corrected chi connectivity index (χ0v) is 18.2. The summed E-state index contributed by atoms with van der Waals surface area (Å²) in [7, 11) is 0. The lowest BCUT2D eigenvalue weighted by atomic mass is 10.0. The number of nitrogens with two attached hydrogens (primary N) is 2. The molecule has 4 aromatic rings. The van der Waals surface area contributed by atoms with Gasteiger partial charge in [0.2, 0.25) is 5.95 Å². The molecule has 0 aromatic carbocycles. The molecule has 0 amide bonds. The summed E-state index contributed by atoms with van der Waals surface area (Å²) in [6, 6.07) is 2.86. The van der Waals surface area contributed by atoms with Crippen molar-refractivity contribution in [3.8, 4) is 17.3 Å². The molecule has 0 saturated heterocycles. The predicted octanol–water partition coefficient (Wildman–Crippen LogP) is 3.46. The maximum atomic E-state index is 14.0. The molecule has 0 radical (unpaired) electrons. The second kappa shape index (κ2) is 7.83. The van der Waals surface area contributed by atoms with Gasteiger partial charge in [-0.25, -0.2) is 13.9 Å². The summed E-state index contributed by atoms with van der Waals surface area (Å²) in [6.07, 6.45) is 6.47. The van der Waals surface area contributed by atoms with Crippen molar-refractivity contribution in [1.29, 1.82) is 5.26 Å². The molecule has 1 atom stereocenters. The first-order chi connectivity index (χ1) is 15.9. The Morgan fingerprint density at radius 1 is 1.27 bits per heavy atom. The molecule has 12 heteroatoms. The Labute approximate surface area is 192 Å². The lowest BCUT2D eigenvalue weighted by molar-refractivity contribution is 0.622. The third-order valence-corrected chi connectivity index (χ3v) is 5.80. The van der Waals surface area contributed by atoms with E-state index in [0.29, 0.717) is 33.4 Å². The van der Waals surface area contributed by atoms with Crippen LogP contribution in [0.1, 0.15) is 48.5 Å². The van der Waals surface area contributed by atoms with E-state index in [0.717, 1.165) is 24.7 Å². The maximum Gasteiger partial charge on any atom is 0.224 e. The van der Waals surface area contributed by atoms with E-state index in [-0.39, 0.29) is 23.1 Å². The average Bonchev–Trinajstić information content (AvgIpc) is 3.56. The Morgan fingerprint density at radius 2 is 2.06 bits per heavy atom. The largest absolute Gasteiger partial charge is 0.382 e. The molecule has 33 heavy (non-hydrogen) atoms. The topological polar surface area (TPSA) is 157 Å². The van der Waals surface area contributed by atoms with E-state index in [2.05, 4.69) is 25.4 Å². The van der Waals surface area contributed by atoms with Crippen molar-refractivity contribution in [3.63, 3.8) is 0 Å². The van der Waals surface area contributed by atoms with Crippen LogP contribution in [0, 0.1) is 17.1 Å². The molecule has 1 aliphatic rings. The lowest BCUT2D eigenvalue weighted by Crippen LogP contribution is -2.15. The number of hydrogen-bond acceptors (Lipinski definition) is 9. The monoisotopic (exact) mass is 464 g/mol. The van der Waals surface area contributed by atoms with Crippen LogP contribution < -0.4 is 16.8 Å². The number of anilines is 3. The van der Waals surface area contributed by atoms with Crippen LogP contribution in [0.4, 0.5) is 22.0 Å². The van der Waals surface area contributed by atoms with Crippen molar-refractivity contribution in [2.45, 2.75) is 31.7 Å². The summed E-state index contributed by atoms with van der Waals surface area (Å²) in [6.45, 7) is 1.83. The third-order valence-electron chi connectivity index (χ3n) is 5.43. The highest BCUT2D eigenvalue weighted by atomic mass is 35.5. The number of rotatable bonds is 5. The first kappa shape index (κ1) is 20.8. The summed E-state index contributed by atoms with van der Waals surface area (Å²) in [5.74, 6) is -0.103. The van der Waals surface area contributed by atoms with Gasteiger partial charge < -0.3 is 16.8 Å². The Hall–Kier alpha value is -4.04. The fourth-order valence-electron chi connectivity index (χ4n) is 3.68. The molecule has 4 aromatic heterocycles. The molecule has 5 N–H and O–H groups in total. The van der Waals surface area contributed by atoms with E-state index in [1.54, 1.807) is 10.7 Å². The molecule has 166 valence electrons. The zero-order chi connectivity index (χ0) is 23.3. The van der Waals surface area contributed by atoms with Gasteiger partial charge in [-0.2, -0.15) is 20.3 Å². The molecule has 5 rings (SSSR count). The highest BCUT2D eigenvalue weighted by molar-refractivity contribution is 6.34. The van der Waals surface area contributed by atoms with Gasteiger partial charge in [-0.15, -0.1) is 0 Å². The van der Waals surface area contributed by atoms with Gasteiger partial charge in [-0.05, 0) is 25.8 Å². The Bertz CT molecular complexity index is 1440. The van der Waals surface area contributed by atoms with E-state index < -0.39 is 11.9 Å². The van der Waals surface area contributed by atoms with E-state index >= 15 is 0 Å². The molecular formula is C21H18ClFN10. The van der Waals surface area contributed by atoms with Gasteiger partial charge in [-0.1, -0.05) is 11.6 Å². The van der Waals surface area contributed by atoms with E-state index in [4.69, 9.17) is 28.1 Å². The number of aromatic nitrogens is 6. The summed E-state index contributed by atoms with van der Waals surface area (Å²) < 4.78 is 15.6. The lowest BCUT2D eigenvalue weighted by Gasteiger charge is -2.19. The van der Waals surface area contributed by atoms with Crippen LogP contribution in [0.5, 0.6) is 0 Å². The molecule has 1 aliphatic carbocycles. The van der Waals surface area contributed by atoms with E-state index in [1.807, 2.05) is 13.0 Å². The van der Waals surface area contributed by atoms with Crippen LogP contribution in [0.25, 0.3) is 16.9 Å². The highest BCUT2D eigenvalue weighted by Gasteiger charge is 2.31. The predicted molar refractivity (Wildman–Crippen MR) is 121 cm³/mol. The van der Waals surface area contributed by atoms with Crippen LogP contribution in [0.15, 0.2) is 24.7 Å². The minimum atomic E-state index is -0.498. The van der Waals surface area contributed by atoms with E-state index in [1.165, 1.54) is 12.3 Å². The number of hydrogen-bond donors (Lipinski definition) is 3. The van der Waals surface area contributed by atoms with Gasteiger partial charge in [0, 0.05) is 29.4 Å². The molecule has 1 saturated carbocycles. The van der Waals surface area contributed by atoms with Gasteiger partial charge in [0.15, 0.2) is 11.5 Å². The second-order valence-electron chi connectivity index (χ2n) is 7.85. The Kier molecular flexibility index (Phi) is 4.94. The van der Waals surface area contributed by atoms with Gasteiger partial charge in [-0.3, -0.25) is 4.98 Å². The molecule has 0 spiro atoms. The van der Waals surface area contributed by atoms with Crippen LogP contribution in [0.3, 0.4) is 0 Å². The SMILES string of the molecule is C[C@H](Nc1nc(N)nc(N)c1C#N)c1cn2nc(C3CC3)c(Cl)c2nc1-c1cncc(F)c1. The van der Waals surface area contributed by atoms with Crippen LogP contribution in [-0.2, 0) is 0 Å². The standard InChI is InChI=1S/C21H18ClFN10/c1-9(28-19-13(5-24)18(25)30-21(26)31-19)14-8-33-20(15(22)17(32-33)10-2-3-10)29-16(14)11-4-12(23)7-27-6-11/h4,6-10H,2-3H2,1H3,(H5,25,26,28,30,31)/t9-/m0/s1. The molecule has 4 heterocycles. The fourth-order valence-corrected chi connectivity index (χ4v) is 4.00. The minimum Gasteiger partial charge on any atom is -0.382 e. The molecule has 0 unspecified atom stereocenters. The third kappa shape index (κ3) is 3.74. The van der Waals surface area contributed by atoms with E-state index in [9.17, 15) is 9.65 Å². The van der Waals surface area contributed by atoms with Gasteiger partial charge >= 0.3 is 0 Å². The molecule has 0 bridgehead atoms. The van der Waals surface area contributed by atoms with Crippen molar-refractivity contribution in [2.24, 2.45) is 0 Å². The van der Waals surface area contributed by atoms with Crippen LogP contribution >= 0.6 is 11.6 Å². The zero-order valence-electron chi connectivity index (χ0n) is 17.4. The number of nitrogens with zero attached hydrogens (tertiary/aromatic N) is 7. The smallest absolute Gasteiger partial charge is 0.224 e. The summed E-state index contributed by atoms with van der Waals surface area (Å²) in [4.78, 5) is 16.6. The van der Waals surface area contributed by atoms with Crippen LogP contribution in [-0.4, -0.2) is 29.5 Å². The number of fused-ring (bicyclic) bond motifs is 1. The Morgan fingerprint density at radius 3 is 2.76 bits per heavy atom. The summed E-state index contributed by atoms with van der Waals surface area (Å²) in [5.41, 5.74) is 14.5. The van der Waals surface area contributed by atoms with Gasteiger partial charge in [0.05, 0.1) is 23.6 Å². The second-order valence-corrected chi connectivity index (χ2v) is 8.22. The Balaban J connectivity index is 1.66. The first-order valence-electron chi connectivity index (χ1n) is 10.1. The average molecular weight is 465 g/mol. The quantitative estimate of drug-likeness (QED) is 0.402. The number of halogens is 2. The van der Waals surface area contributed by atoms with Crippen molar-refractivity contribution in [1.82, 2.24) is 29.5 Å². The maximum absolute atomic E-state index is 14.0. The number of nitrogen functional groups attached to an aromatic ring is 2. The van der Waals surface area contributed by atoms with Gasteiger partial charge in [0.1, 0.15) is 28.3 Å². The number of nitrogens with one attached hydrogen (secondary N) is 1. The highest BCUT2D eigenvalue weighted by Crippen LogP contribution is 2.44. The molecular weight excluding hydrogens is 447 g/mol. The van der Waals surface area contributed by atoms with Crippen molar-refractivity contribution in [3.05, 3.63) is 52.3 Å². The molecule has 10 nitrogen and oxygen atoms in total. The van der Waals surface area contributed by atoms with Gasteiger partial charge in [0.25, 0.3) is 0 Å². The minimum absolute atomic E-state index is 0.0317. The van der Waals surface area contributed by atoms with Crippen molar-refractivity contribution in [2.75, 3.05) is 16.8 Å². The van der Waals surface area contributed by atoms with Crippen LogP contribution in [0.2, 0.25) is 5.02 Å². The molecule has 0 aliphatic heterocycles. The first-order valence-corrected chi connectivity index (χ1v) is 10.5.